The zero-order valence-electron chi connectivity index (χ0n) is 9.93. The van der Waals surface area contributed by atoms with Crippen molar-refractivity contribution in [2.45, 2.75) is 18.9 Å². The van der Waals surface area contributed by atoms with E-state index in [2.05, 4.69) is 16.3 Å². The van der Waals surface area contributed by atoms with Gasteiger partial charge in [0.25, 0.3) is 0 Å². The molecule has 0 bridgehead atoms. The van der Waals surface area contributed by atoms with Gasteiger partial charge < -0.3 is 4.90 Å². The minimum atomic E-state index is -0.242. The SMILES string of the molecule is O=C1CCC(N2CC=Cc3ccccc32)C(=O)N1. The lowest BCUT2D eigenvalue weighted by atomic mass is 10.00. The zero-order valence-corrected chi connectivity index (χ0v) is 9.93. The van der Waals surface area contributed by atoms with Crippen molar-refractivity contribution in [2.75, 3.05) is 11.4 Å². The topological polar surface area (TPSA) is 49.4 Å². The number of piperidine rings is 1. The molecule has 1 unspecified atom stereocenters. The van der Waals surface area contributed by atoms with E-state index < -0.39 is 0 Å². The highest BCUT2D eigenvalue weighted by Gasteiger charge is 2.32. The first-order chi connectivity index (χ1) is 8.75. The molecule has 1 atom stereocenters. The number of imide groups is 1. The molecule has 4 nitrogen and oxygen atoms in total. The van der Waals surface area contributed by atoms with Crippen molar-refractivity contribution >= 4 is 23.6 Å². The van der Waals surface area contributed by atoms with Crippen molar-refractivity contribution in [3.05, 3.63) is 35.9 Å². The number of nitrogens with zero attached hydrogens (tertiary/aromatic N) is 1. The van der Waals surface area contributed by atoms with Gasteiger partial charge in [-0.15, -0.1) is 0 Å². The molecule has 1 aromatic carbocycles. The molecule has 1 N–H and O–H groups in total. The van der Waals surface area contributed by atoms with Crippen LogP contribution in [0.25, 0.3) is 6.08 Å². The molecule has 2 amide bonds. The molecule has 0 aliphatic carbocycles. The van der Waals surface area contributed by atoms with Crippen LogP contribution in [0.15, 0.2) is 30.3 Å². The van der Waals surface area contributed by atoms with E-state index in [0.29, 0.717) is 19.4 Å². The van der Waals surface area contributed by atoms with Gasteiger partial charge in [0.2, 0.25) is 11.8 Å². The predicted molar refractivity (Wildman–Crippen MR) is 69.0 cm³/mol. The fourth-order valence-corrected chi connectivity index (χ4v) is 2.56. The summed E-state index contributed by atoms with van der Waals surface area (Å²) in [7, 11) is 0. The molecule has 3 rings (SSSR count). The summed E-state index contributed by atoms with van der Waals surface area (Å²) in [6.07, 6.45) is 5.12. The lowest BCUT2D eigenvalue weighted by Crippen LogP contribution is -2.53. The van der Waals surface area contributed by atoms with Crippen LogP contribution in [0.5, 0.6) is 0 Å². The fourth-order valence-electron chi connectivity index (χ4n) is 2.56. The number of carbonyl (C=O) groups is 2. The highest BCUT2D eigenvalue weighted by molar-refractivity contribution is 6.02. The molecule has 0 saturated carbocycles. The van der Waals surface area contributed by atoms with E-state index in [1.165, 1.54) is 0 Å². The molecule has 0 radical (unpaired) electrons. The molecule has 1 saturated heterocycles. The smallest absolute Gasteiger partial charge is 0.249 e. The first kappa shape index (κ1) is 11.0. The first-order valence-electron chi connectivity index (χ1n) is 6.11. The molecule has 2 aliphatic heterocycles. The Hall–Kier alpha value is -2.10. The van der Waals surface area contributed by atoms with Crippen LogP contribution in [-0.2, 0) is 9.59 Å². The van der Waals surface area contributed by atoms with E-state index in [9.17, 15) is 9.59 Å². The number of benzene rings is 1. The Labute approximate surface area is 105 Å². The summed E-state index contributed by atoms with van der Waals surface area (Å²) < 4.78 is 0. The van der Waals surface area contributed by atoms with Crippen LogP contribution in [0, 0.1) is 0 Å². The second kappa shape index (κ2) is 4.29. The third-order valence-corrected chi connectivity index (χ3v) is 3.43. The Morgan fingerprint density at radius 2 is 2.06 bits per heavy atom. The van der Waals surface area contributed by atoms with Crippen LogP contribution in [-0.4, -0.2) is 24.4 Å². The number of hydrogen-bond donors (Lipinski definition) is 1. The van der Waals surface area contributed by atoms with Gasteiger partial charge in [-0.1, -0.05) is 30.4 Å². The molecule has 0 spiro atoms. The van der Waals surface area contributed by atoms with Gasteiger partial charge in [0.1, 0.15) is 6.04 Å². The van der Waals surface area contributed by atoms with Gasteiger partial charge in [-0.2, -0.15) is 0 Å². The maximum Gasteiger partial charge on any atom is 0.249 e. The third kappa shape index (κ3) is 1.79. The normalized spacial score (nSPS) is 22.7. The average molecular weight is 242 g/mol. The second-order valence-electron chi connectivity index (χ2n) is 4.58. The second-order valence-corrected chi connectivity index (χ2v) is 4.58. The highest BCUT2D eigenvalue weighted by atomic mass is 16.2. The molecule has 18 heavy (non-hydrogen) atoms. The lowest BCUT2D eigenvalue weighted by Gasteiger charge is -2.36. The maximum atomic E-state index is 11.9. The van der Waals surface area contributed by atoms with Crippen LogP contribution in [0.2, 0.25) is 0 Å². The van der Waals surface area contributed by atoms with Crippen LogP contribution in [0.4, 0.5) is 5.69 Å². The van der Waals surface area contributed by atoms with Crippen molar-refractivity contribution in [1.82, 2.24) is 5.32 Å². The van der Waals surface area contributed by atoms with Gasteiger partial charge in [-0.3, -0.25) is 14.9 Å². The minimum absolute atomic E-state index is 0.169. The van der Waals surface area contributed by atoms with E-state index >= 15 is 0 Å². The highest BCUT2D eigenvalue weighted by Crippen LogP contribution is 2.29. The van der Waals surface area contributed by atoms with Crippen molar-refractivity contribution in [1.29, 1.82) is 0 Å². The number of carbonyl (C=O) groups excluding carboxylic acids is 2. The Morgan fingerprint density at radius 1 is 1.22 bits per heavy atom. The number of anilines is 1. The summed E-state index contributed by atoms with van der Waals surface area (Å²) in [5.41, 5.74) is 2.18. The van der Waals surface area contributed by atoms with Gasteiger partial charge in [0, 0.05) is 18.7 Å². The summed E-state index contributed by atoms with van der Waals surface area (Å²) in [4.78, 5) is 25.2. The summed E-state index contributed by atoms with van der Waals surface area (Å²) in [6, 6.07) is 7.76. The number of amides is 2. The molecule has 92 valence electrons. The quantitative estimate of drug-likeness (QED) is 0.756. The lowest BCUT2D eigenvalue weighted by molar-refractivity contribution is -0.134. The fraction of sp³-hybridized carbons (Fsp3) is 0.286. The Balaban J connectivity index is 1.92. The van der Waals surface area contributed by atoms with Crippen molar-refractivity contribution in [3.8, 4) is 0 Å². The molecule has 4 heteroatoms. The summed E-state index contributed by atoms with van der Waals surface area (Å²) in [6.45, 7) is 0.712. The summed E-state index contributed by atoms with van der Waals surface area (Å²) in [5, 5.41) is 2.41. The largest absolute Gasteiger partial charge is 0.355 e. The number of para-hydroxylation sites is 1. The summed E-state index contributed by atoms with van der Waals surface area (Å²) >= 11 is 0. The van der Waals surface area contributed by atoms with Crippen molar-refractivity contribution < 1.29 is 9.59 Å². The van der Waals surface area contributed by atoms with Gasteiger partial charge >= 0.3 is 0 Å². The van der Waals surface area contributed by atoms with Gasteiger partial charge in [0.15, 0.2) is 0 Å². The van der Waals surface area contributed by atoms with Gasteiger partial charge in [-0.05, 0) is 18.1 Å². The Kier molecular flexibility index (Phi) is 2.63. The molecule has 0 aromatic heterocycles. The van der Waals surface area contributed by atoms with Crippen LogP contribution in [0.3, 0.4) is 0 Å². The standard InChI is InChI=1S/C14H14N2O2/c17-13-8-7-12(14(18)15-13)16-9-3-5-10-4-1-2-6-11(10)16/h1-6,12H,7-9H2,(H,15,17,18). The number of hydrogen-bond acceptors (Lipinski definition) is 3. The van der Waals surface area contributed by atoms with E-state index in [1.54, 1.807) is 0 Å². The van der Waals surface area contributed by atoms with E-state index in [4.69, 9.17) is 0 Å². The molecule has 2 aliphatic rings. The van der Waals surface area contributed by atoms with Gasteiger partial charge in [-0.25, -0.2) is 0 Å². The van der Waals surface area contributed by atoms with E-state index in [-0.39, 0.29) is 17.9 Å². The van der Waals surface area contributed by atoms with E-state index in [1.807, 2.05) is 30.3 Å². The van der Waals surface area contributed by atoms with Crippen LogP contribution < -0.4 is 10.2 Å². The molecular formula is C14H14N2O2. The van der Waals surface area contributed by atoms with Crippen LogP contribution >= 0.6 is 0 Å². The first-order valence-corrected chi connectivity index (χ1v) is 6.11. The summed E-state index contributed by atoms with van der Waals surface area (Å²) in [5.74, 6) is -0.353. The Bertz CT molecular complexity index is 536. The number of nitrogens with one attached hydrogen (secondary N) is 1. The maximum absolute atomic E-state index is 11.9. The Morgan fingerprint density at radius 3 is 2.89 bits per heavy atom. The monoisotopic (exact) mass is 242 g/mol. The number of fused-ring (bicyclic) bond motifs is 1. The van der Waals surface area contributed by atoms with Crippen molar-refractivity contribution in [3.63, 3.8) is 0 Å². The third-order valence-electron chi connectivity index (χ3n) is 3.43. The average Bonchev–Trinajstić information content (AvgIpc) is 2.38. The van der Waals surface area contributed by atoms with Gasteiger partial charge in [0.05, 0.1) is 0 Å². The minimum Gasteiger partial charge on any atom is -0.355 e. The molecular weight excluding hydrogens is 228 g/mol. The van der Waals surface area contributed by atoms with E-state index in [0.717, 1.165) is 11.3 Å². The zero-order chi connectivity index (χ0) is 12.5. The predicted octanol–water partition coefficient (Wildman–Crippen LogP) is 1.32. The molecule has 1 fully saturated rings. The number of rotatable bonds is 1. The molecule has 2 heterocycles. The van der Waals surface area contributed by atoms with Crippen LogP contribution in [0.1, 0.15) is 18.4 Å². The molecule has 1 aromatic rings. The van der Waals surface area contributed by atoms with Crippen molar-refractivity contribution in [2.24, 2.45) is 0 Å².